The highest BCUT2D eigenvalue weighted by molar-refractivity contribution is 6.23. The smallest absolute Gasteiger partial charge is 0.00240 e. The molecule has 0 amide bonds. The van der Waals surface area contributed by atoms with Gasteiger partial charge in [-0.05, 0) is 44.3 Å². The molecule has 0 heteroatoms. The van der Waals surface area contributed by atoms with Crippen molar-refractivity contribution in [1.29, 1.82) is 0 Å². The third-order valence-electron chi connectivity index (χ3n) is 3.97. The van der Waals surface area contributed by atoms with Gasteiger partial charge in [-0.2, -0.15) is 0 Å². The molecule has 0 saturated heterocycles. The number of aryl methyl sites for hydroxylation is 1. The Morgan fingerprint density at radius 1 is 0.722 bits per heavy atom. The van der Waals surface area contributed by atoms with Gasteiger partial charge in [0.2, 0.25) is 0 Å². The Labute approximate surface area is 106 Å². The van der Waals surface area contributed by atoms with Crippen molar-refractivity contribution in [1.82, 2.24) is 0 Å². The van der Waals surface area contributed by atoms with E-state index >= 15 is 0 Å². The number of rotatable bonds is 1. The van der Waals surface area contributed by atoms with Gasteiger partial charge in [0.1, 0.15) is 0 Å². The van der Waals surface area contributed by atoms with E-state index in [4.69, 9.17) is 0 Å². The molecular weight excluding hydrogens is 216 g/mol. The predicted octanol–water partition coefficient (Wildman–Crippen LogP) is 5.15. The van der Waals surface area contributed by atoms with E-state index in [1.54, 1.807) is 0 Å². The second kappa shape index (κ2) is 3.46. The first-order chi connectivity index (χ1) is 8.88. The molecule has 0 aliphatic carbocycles. The minimum absolute atomic E-state index is 1.09. The molecule has 0 heterocycles. The summed E-state index contributed by atoms with van der Waals surface area (Å²) in [6, 6.07) is 20.1. The fourth-order valence-electron chi connectivity index (χ4n) is 3.13. The fourth-order valence-corrected chi connectivity index (χ4v) is 3.13. The van der Waals surface area contributed by atoms with Gasteiger partial charge in [0.25, 0.3) is 0 Å². The highest BCUT2D eigenvalue weighted by Gasteiger charge is 2.09. The summed E-state index contributed by atoms with van der Waals surface area (Å²) >= 11 is 0. The predicted molar refractivity (Wildman–Crippen MR) is 79.5 cm³/mol. The molecule has 4 aromatic rings. The summed E-state index contributed by atoms with van der Waals surface area (Å²) in [5, 5.41) is 8.34. The van der Waals surface area contributed by atoms with Gasteiger partial charge in [0.05, 0.1) is 0 Å². The SMILES string of the molecule is CCc1cc2cccc3ccc4cccc1c4c32. The summed E-state index contributed by atoms with van der Waals surface area (Å²) in [7, 11) is 0. The van der Waals surface area contributed by atoms with Crippen LogP contribution in [0.1, 0.15) is 12.5 Å². The molecule has 0 spiro atoms. The van der Waals surface area contributed by atoms with Crippen molar-refractivity contribution in [2.75, 3.05) is 0 Å². The van der Waals surface area contributed by atoms with Gasteiger partial charge in [0.15, 0.2) is 0 Å². The van der Waals surface area contributed by atoms with E-state index in [1.165, 1.54) is 37.9 Å². The van der Waals surface area contributed by atoms with Crippen LogP contribution in [0.4, 0.5) is 0 Å². The third kappa shape index (κ3) is 1.15. The molecule has 0 fully saturated rings. The van der Waals surface area contributed by atoms with Crippen LogP contribution in [0.25, 0.3) is 32.3 Å². The van der Waals surface area contributed by atoms with E-state index in [1.807, 2.05) is 0 Å². The summed E-state index contributed by atoms with van der Waals surface area (Å²) in [6.45, 7) is 2.23. The van der Waals surface area contributed by atoms with Crippen LogP contribution in [-0.2, 0) is 6.42 Å². The number of hydrogen-bond acceptors (Lipinski definition) is 0. The fraction of sp³-hybridized carbons (Fsp3) is 0.111. The zero-order valence-electron chi connectivity index (χ0n) is 10.4. The van der Waals surface area contributed by atoms with Crippen LogP contribution in [-0.4, -0.2) is 0 Å². The molecule has 0 saturated carbocycles. The third-order valence-corrected chi connectivity index (χ3v) is 3.97. The van der Waals surface area contributed by atoms with E-state index in [2.05, 4.69) is 61.5 Å². The first kappa shape index (κ1) is 9.90. The lowest BCUT2D eigenvalue weighted by Crippen LogP contribution is -1.88. The largest absolute Gasteiger partial charge is 0.0613 e. The van der Waals surface area contributed by atoms with Gasteiger partial charge < -0.3 is 0 Å². The van der Waals surface area contributed by atoms with E-state index in [-0.39, 0.29) is 0 Å². The van der Waals surface area contributed by atoms with Gasteiger partial charge >= 0.3 is 0 Å². The van der Waals surface area contributed by atoms with Crippen LogP contribution in [0.2, 0.25) is 0 Å². The van der Waals surface area contributed by atoms with Crippen molar-refractivity contribution in [2.45, 2.75) is 13.3 Å². The van der Waals surface area contributed by atoms with Crippen LogP contribution >= 0.6 is 0 Å². The average Bonchev–Trinajstić information content (AvgIpc) is 2.44. The van der Waals surface area contributed by atoms with Gasteiger partial charge in [-0.15, -0.1) is 0 Å². The maximum Gasteiger partial charge on any atom is -0.00240 e. The first-order valence-electron chi connectivity index (χ1n) is 6.54. The van der Waals surface area contributed by atoms with E-state index in [9.17, 15) is 0 Å². The minimum atomic E-state index is 1.09. The molecule has 0 unspecified atom stereocenters. The topological polar surface area (TPSA) is 0 Å². The normalized spacial score (nSPS) is 11.8. The summed E-state index contributed by atoms with van der Waals surface area (Å²) in [6.07, 6.45) is 1.09. The minimum Gasteiger partial charge on any atom is -0.0613 e. The van der Waals surface area contributed by atoms with Crippen molar-refractivity contribution < 1.29 is 0 Å². The molecule has 0 atom stereocenters. The van der Waals surface area contributed by atoms with Gasteiger partial charge in [0, 0.05) is 0 Å². The second-order valence-corrected chi connectivity index (χ2v) is 4.94. The molecule has 4 aromatic carbocycles. The molecule has 18 heavy (non-hydrogen) atoms. The molecule has 0 nitrogen and oxygen atoms in total. The molecule has 0 aliphatic rings. The molecule has 4 rings (SSSR count). The molecule has 0 N–H and O–H groups in total. The Balaban J connectivity index is 2.43. The molecule has 0 aromatic heterocycles. The first-order valence-corrected chi connectivity index (χ1v) is 6.54. The van der Waals surface area contributed by atoms with Gasteiger partial charge in [-0.1, -0.05) is 61.5 Å². The Hall–Kier alpha value is -2.08. The maximum absolute atomic E-state index is 2.35. The van der Waals surface area contributed by atoms with Crippen LogP contribution in [0.5, 0.6) is 0 Å². The Morgan fingerprint density at radius 2 is 1.39 bits per heavy atom. The Kier molecular flexibility index (Phi) is 1.90. The number of hydrogen-bond donors (Lipinski definition) is 0. The second-order valence-electron chi connectivity index (χ2n) is 4.94. The lowest BCUT2D eigenvalue weighted by molar-refractivity contribution is 1.16. The highest BCUT2D eigenvalue weighted by Crippen LogP contribution is 2.36. The van der Waals surface area contributed by atoms with E-state index in [0.717, 1.165) is 6.42 Å². The Morgan fingerprint density at radius 3 is 2.17 bits per heavy atom. The summed E-state index contributed by atoms with van der Waals surface area (Å²) in [5.74, 6) is 0. The van der Waals surface area contributed by atoms with Crippen LogP contribution in [0, 0.1) is 0 Å². The quantitative estimate of drug-likeness (QED) is 0.397. The average molecular weight is 230 g/mol. The van der Waals surface area contributed by atoms with Crippen molar-refractivity contribution in [3.63, 3.8) is 0 Å². The summed E-state index contributed by atoms with van der Waals surface area (Å²) < 4.78 is 0. The molecule has 0 bridgehead atoms. The zero-order chi connectivity index (χ0) is 12.1. The molecule has 86 valence electrons. The lowest BCUT2D eigenvalue weighted by atomic mass is 9.91. The number of benzene rings is 4. The van der Waals surface area contributed by atoms with Gasteiger partial charge in [-0.3, -0.25) is 0 Å². The van der Waals surface area contributed by atoms with Gasteiger partial charge in [-0.25, -0.2) is 0 Å². The monoisotopic (exact) mass is 230 g/mol. The van der Waals surface area contributed by atoms with Crippen molar-refractivity contribution in [2.24, 2.45) is 0 Å². The zero-order valence-corrected chi connectivity index (χ0v) is 10.4. The van der Waals surface area contributed by atoms with Crippen LogP contribution in [0.15, 0.2) is 54.6 Å². The highest BCUT2D eigenvalue weighted by atomic mass is 14.1. The molecule has 0 aliphatic heterocycles. The van der Waals surface area contributed by atoms with E-state index in [0.29, 0.717) is 0 Å². The summed E-state index contributed by atoms with van der Waals surface area (Å²) in [5.41, 5.74) is 1.45. The van der Waals surface area contributed by atoms with Crippen molar-refractivity contribution in [3.05, 3.63) is 60.2 Å². The Bertz CT molecular complexity index is 856. The maximum atomic E-state index is 2.35. The molecule has 0 radical (unpaired) electrons. The standard InChI is InChI=1S/C18H14/c1-2-12-11-15-7-3-5-13-9-10-14-6-4-8-16(12)18(14)17(13)15/h3-11H,2H2,1H3. The molecular formula is C18H14. The summed E-state index contributed by atoms with van der Waals surface area (Å²) in [4.78, 5) is 0. The van der Waals surface area contributed by atoms with Crippen molar-refractivity contribution in [3.8, 4) is 0 Å². The lowest BCUT2D eigenvalue weighted by Gasteiger charge is -2.13. The van der Waals surface area contributed by atoms with Crippen molar-refractivity contribution >= 4 is 32.3 Å². The van der Waals surface area contributed by atoms with E-state index < -0.39 is 0 Å². The van der Waals surface area contributed by atoms with Crippen LogP contribution in [0.3, 0.4) is 0 Å². The van der Waals surface area contributed by atoms with Crippen LogP contribution < -0.4 is 0 Å².